The summed E-state index contributed by atoms with van der Waals surface area (Å²) in [7, 11) is 0. The summed E-state index contributed by atoms with van der Waals surface area (Å²) in [6.45, 7) is 1.87. The van der Waals surface area contributed by atoms with Crippen LogP contribution in [-0.2, 0) is 16.1 Å². The van der Waals surface area contributed by atoms with Crippen LogP contribution in [-0.4, -0.2) is 17.9 Å². The van der Waals surface area contributed by atoms with Gasteiger partial charge < -0.3 is 10.6 Å². The summed E-state index contributed by atoms with van der Waals surface area (Å²) in [5.74, 6) is -0.0323. The Morgan fingerprint density at radius 2 is 2.05 bits per heavy atom. The van der Waals surface area contributed by atoms with Gasteiger partial charge in [-0.05, 0) is 36.5 Å². The van der Waals surface area contributed by atoms with Crippen molar-refractivity contribution < 1.29 is 9.59 Å². The summed E-state index contributed by atoms with van der Waals surface area (Å²) in [5, 5.41) is 6.34. The number of amides is 2. The zero-order chi connectivity index (χ0) is 15.2. The first-order chi connectivity index (χ1) is 10.1. The number of carbonyl (C=O) groups excluding carboxylic acids is 2. The Morgan fingerprint density at radius 3 is 2.67 bits per heavy atom. The van der Waals surface area contributed by atoms with E-state index in [1.807, 2.05) is 18.2 Å². The first-order valence-electron chi connectivity index (χ1n) is 7.35. The van der Waals surface area contributed by atoms with E-state index in [2.05, 4.69) is 10.6 Å². The third-order valence-corrected chi connectivity index (χ3v) is 4.10. The lowest BCUT2D eigenvalue weighted by atomic mass is 9.97. The van der Waals surface area contributed by atoms with Gasteiger partial charge in [-0.25, -0.2) is 0 Å². The molecule has 21 heavy (non-hydrogen) atoms. The molecule has 4 nitrogen and oxygen atoms in total. The molecule has 0 bridgehead atoms. The van der Waals surface area contributed by atoms with Gasteiger partial charge in [0.25, 0.3) is 0 Å². The van der Waals surface area contributed by atoms with Gasteiger partial charge in [-0.15, -0.1) is 0 Å². The van der Waals surface area contributed by atoms with Gasteiger partial charge in [0.1, 0.15) is 6.04 Å². The highest BCUT2D eigenvalue weighted by atomic mass is 35.5. The monoisotopic (exact) mass is 308 g/mol. The number of rotatable bonds is 5. The molecule has 1 aromatic rings. The molecule has 2 amide bonds. The summed E-state index contributed by atoms with van der Waals surface area (Å²) in [6, 6.07) is 6.96. The van der Waals surface area contributed by atoms with Crippen LogP contribution in [0.2, 0.25) is 5.02 Å². The molecule has 1 unspecified atom stereocenters. The standard InChI is InChI=1S/C16H21ClN2O2/c1-11(20)19-15(13-6-2-3-7-13)16(21)18-10-12-5-4-8-14(17)9-12/h4-5,8-9,13,15H,2-3,6-7,10H2,1H3,(H,18,21)(H,19,20). The van der Waals surface area contributed by atoms with Crippen LogP contribution in [0.4, 0.5) is 0 Å². The molecule has 5 heteroatoms. The third kappa shape index (κ3) is 4.74. The minimum absolute atomic E-state index is 0.114. The van der Waals surface area contributed by atoms with Crippen molar-refractivity contribution in [3.63, 3.8) is 0 Å². The van der Waals surface area contributed by atoms with Gasteiger partial charge in [-0.2, -0.15) is 0 Å². The van der Waals surface area contributed by atoms with Crippen LogP contribution >= 0.6 is 11.6 Å². The van der Waals surface area contributed by atoms with Crippen molar-refractivity contribution in [2.75, 3.05) is 0 Å². The Kier molecular flexibility index (Phi) is 5.62. The third-order valence-electron chi connectivity index (χ3n) is 3.87. The summed E-state index contributed by atoms with van der Waals surface area (Å²) in [6.07, 6.45) is 4.25. The molecule has 2 N–H and O–H groups in total. The fourth-order valence-corrected chi connectivity index (χ4v) is 3.07. The summed E-state index contributed by atoms with van der Waals surface area (Å²) >= 11 is 5.93. The average Bonchev–Trinajstić information content (AvgIpc) is 2.96. The molecule has 1 aliphatic rings. The second-order valence-corrected chi connectivity index (χ2v) is 6.01. The van der Waals surface area contributed by atoms with E-state index in [4.69, 9.17) is 11.6 Å². The Bertz CT molecular complexity index is 513. The number of hydrogen-bond acceptors (Lipinski definition) is 2. The van der Waals surface area contributed by atoms with Gasteiger partial charge >= 0.3 is 0 Å². The van der Waals surface area contributed by atoms with Crippen molar-refractivity contribution in [3.05, 3.63) is 34.9 Å². The molecule has 0 radical (unpaired) electrons. The topological polar surface area (TPSA) is 58.2 Å². The molecule has 0 saturated heterocycles. The van der Waals surface area contributed by atoms with Crippen LogP contribution in [0.1, 0.15) is 38.2 Å². The summed E-state index contributed by atoms with van der Waals surface area (Å²) < 4.78 is 0. The second kappa shape index (κ2) is 7.46. The highest BCUT2D eigenvalue weighted by Crippen LogP contribution is 2.28. The van der Waals surface area contributed by atoms with Gasteiger partial charge in [0.15, 0.2) is 0 Å². The van der Waals surface area contributed by atoms with E-state index >= 15 is 0 Å². The lowest BCUT2D eigenvalue weighted by Gasteiger charge is -2.23. The molecule has 1 aromatic carbocycles. The molecular formula is C16H21ClN2O2. The molecular weight excluding hydrogens is 288 g/mol. The molecule has 0 heterocycles. The van der Waals surface area contributed by atoms with Gasteiger partial charge in [0, 0.05) is 18.5 Å². The number of halogens is 1. The maximum atomic E-state index is 12.4. The quantitative estimate of drug-likeness (QED) is 0.878. The van der Waals surface area contributed by atoms with Gasteiger partial charge in [0.05, 0.1) is 0 Å². The lowest BCUT2D eigenvalue weighted by molar-refractivity contribution is -0.129. The molecule has 1 atom stereocenters. The number of nitrogens with one attached hydrogen (secondary N) is 2. The Labute approximate surface area is 130 Å². The van der Waals surface area contributed by atoms with Crippen molar-refractivity contribution in [2.24, 2.45) is 5.92 Å². The van der Waals surface area contributed by atoms with Crippen LogP contribution < -0.4 is 10.6 Å². The van der Waals surface area contributed by atoms with Crippen LogP contribution in [0.25, 0.3) is 0 Å². The first-order valence-corrected chi connectivity index (χ1v) is 7.73. The molecule has 114 valence electrons. The van der Waals surface area contributed by atoms with E-state index in [1.54, 1.807) is 6.07 Å². The van der Waals surface area contributed by atoms with E-state index in [0.29, 0.717) is 11.6 Å². The van der Waals surface area contributed by atoms with Crippen molar-refractivity contribution in [1.82, 2.24) is 10.6 Å². The summed E-state index contributed by atoms with van der Waals surface area (Å²) in [4.78, 5) is 23.7. The Balaban J connectivity index is 1.95. The zero-order valence-corrected chi connectivity index (χ0v) is 13.0. The van der Waals surface area contributed by atoms with Gasteiger partial charge in [-0.3, -0.25) is 9.59 Å². The molecule has 2 rings (SSSR count). The maximum absolute atomic E-state index is 12.4. The highest BCUT2D eigenvalue weighted by molar-refractivity contribution is 6.30. The zero-order valence-electron chi connectivity index (χ0n) is 12.2. The fourth-order valence-electron chi connectivity index (χ4n) is 2.85. The van der Waals surface area contributed by atoms with Crippen LogP contribution in [0, 0.1) is 5.92 Å². The highest BCUT2D eigenvalue weighted by Gasteiger charge is 2.31. The lowest BCUT2D eigenvalue weighted by Crippen LogP contribution is -2.49. The minimum atomic E-state index is -0.427. The van der Waals surface area contributed by atoms with Crippen molar-refractivity contribution in [2.45, 2.75) is 45.2 Å². The molecule has 0 spiro atoms. The smallest absolute Gasteiger partial charge is 0.243 e. The second-order valence-electron chi connectivity index (χ2n) is 5.57. The largest absolute Gasteiger partial charge is 0.350 e. The van der Waals surface area contributed by atoms with Gasteiger partial charge in [0.2, 0.25) is 11.8 Å². The van der Waals surface area contributed by atoms with Crippen molar-refractivity contribution in [1.29, 1.82) is 0 Å². The molecule has 1 saturated carbocycles. The Morgan fingerprint density at radius 1 is 1.33 bits per heavy atom. The maximum Gasteiger partial charge on any atom is 0.243 e. The SMILES string of the molecule is CC(=O)NC(C(=O)NCc1cccc(Cl)c1)C1CCCC1. The number of benzene rings is 1. The van der Waals surface area contributed by atoms with E-state index in [9.17, 15) is 9.59 Å². The van der Waals surface area contributed by atoms with Crippen LogP contribution in [0.5, 0.6) is 0 Å². The first kappa shape index (κ1) is 15.8. The fraction of sp³-hybridized carbons (Fsp3) is 0.500. The predicted molar refractivity (Wildman–Crippen MR) is 82.9 cm³/mol. The summed E-state index contributed by atoms with van der Waals surface area (Å²) in [5.41, 5.74) is 0.948. The number of hydrogen-bond donors (Lipinski definition) is 2. The van der Waals surface area contributed by atoms with E-state index < -0.39 is 6.04 Å². The molecule has 1 fully saturated rings. The van der Waals surface area contributed by atoms with Crippen LogP contribution in [0.15, 0.2) is 24.3 Å². The van der Waals surface area contributed by atoms with Crippen molar-refractivity contribution >= 4 is 23.4 Å². The molecule has 0 aromatic heterocycles. The van der Waals surface area contributed by atoms with Crippen molar-refractivity contribution in [3.8, 4) is 0 Å². The van der Waals surface area contributed by atoms with Gasteiger partial charge in [-0.1, -0.05) is 36.6 Å². The average molecular weight is 309 g/mol. The molecule has 0 aliphatic heterocycles. The van der Waals surface area contributed by atoms with E-state index in [0.717, 1.165) is 31.2 Å². The van der Waals surface area contributed by atoms with Crippen LogP contribution in [0.3, 0.4) is 0 Å². The minimum Gasteiger partial charge on any atom is -0.350 e. The molecule has 1 aliphatic carbocycles. The van der Waals surface area contributed by atoms with E-state index in [-0.39, 0.29) is 17.7 Å². The normalized spacial score (nSPS) is 16.5. The number of carbonyl (C=O) groups is 2. The Hall–Kier alpha value is -1.55. The van der Waals surface area contributed by atoms with E-state index in [1.165, 1.54) is 6.92 Å². The predicted octanol–water partition coefficient (Wildman–Crippen LogP) is 2.65.